The molecule has 164 valence electrons. The Bertz CT molecular complexity index is 1300. The van der Waals surface area contributed by atoms with Crippen LogP contribution in [0.2, 0.25) is 0 Å². The van der Waals surface area contributed by atoms with Crippen molar-refractivity contribution in [3.63, 3.8) is 0 Å². The predicted octanol–water partition coefficient (Wildman–Crippen LogP) is 5.06. The van der Waals surface area contributed by atoms with E-state index in [0.29, 0.717) is 5.69 Å². The molecule has 0 radical (unpaired) electrons. The number of halogens is 2. The van der Waals surface area contributed by atoms with Gasteiger partial charge < -0.3 is 15.2 Å². The number of ether oxygens (including phenoxy) is 2. The zero-order chi connectivity index (χ0) is 23.0. The SMILES string of the molecule is Cc1ncc(COc2cc(F)cc(OC3=C(F)C=C3n3nc(C(C)C)c(N)c3C#N)c2)s1. The number of thiazole rings is 1. The molecule has 0 fully saturated rings. The Labute approximate surface area is 187 Å². The number of hydrogen-bond acceptors (Lipinski definition) is 7. The standard InChI is InChI=1S/C22H19F2N5O2S/c1-11(2)21-20(26)19(8-25)29(28-21)18-7-17(24)22(18)31-15-5-13(23)4-14(6-15)30-10-16-9-27-12(3)32-16/h4-7,9,11H,10,26H2,1-3H3. The topological polar surface area (TPSA) is 99.0 Å². The lowest BCUT2D eigenvalue weighted by molar-refractivity contribution is 0.305. The van der Waals surface area contributed by atoms with Crippen LogP contribution in [0.1, 0.15) is 41.0 Å². The molecule has 7 nitrogen and oxygen atoms in total. The fourth-order valence-corrected chi connectivity index (χ4v) is 3.84. The van der Waals surface area contributed by atoms with E-state index < -0.39 is 11.6 Å². The van der Waals surface area contributed by atoms with Crippen molar-refractivity contribution in [1.29, 1.82) is 5.26 Å². The van der Waals surface area contributed by atoms with E-state index in [1.807, 2.05) is 26.8 Å². The summed E-state index contributed by atoms with van der Waals surface area (Å²) in [5.74, 6) is -1.21. The van der Waals surface area contributed by atoms with Gasteiger partial charge in [-0.15, -0.1) is 11.3 Å². The Morgan fingerprint density at radius 2 is 2.00 bits per heavy atom. The number of nitrogens with two attached hydrogens (primary N) is 1. The maximum atomic E-state index is 14.3. The molecule has 0 saturated carbocycles. The number of allylic oxidation sites excluding steroid dienone is 3. The van der Waals surface area contributed by atoms with E-state index in [1.165, 1.54) is 34.2 Å². The highest BCUT2D eigenvalue weighted by Gasteiger charge is 2.30. The molecule has 0 saturated heterocycles. The van der Waals surface area contributed by atoms with Gasteiger partial charge in [0.25, 0.3) is 0 Å². The molecule has 3 aromatic rings. The molecule has 0 unspecified atom stereocenters. The predicted molar refractivity (Wildman–Crippen MR) is 116 cm³/mol. The first kappa shape index (κ1) is 21.5. The third kappa shape index (κ3) is 4.07. The summed E-state index contributed by atoms with van der Waals surface area (Å²) in [5, 5.41) is 14.7. The molecule has 2 N–H and O–H groups in total. The van der Waals surface area contributed by atoms with Crippen LogP contribution in [0.3, 0.4) is 0 Å². The number of nitrogens with zero attached hydrogens (tertiary/aromatic N) is 4. The summed E-state index contributed by atoms with van der Waals surface area (Å²) in [4.78, 5) is 5.03. The Balaban J connectivity index is 1.55. The second-order valence-electron chi connectivity index (χ2n) is 7.39. The fourth-order valence-electron chi connectivity index (χ4n) is 3.13. The molecule has 1 aliphatic rings. The number of benzene rings is 1. The molecular formula is C22H19F2N5O2S. The van der Waals surface area contributed by atoms with E-state index in [4.69, 9.17) is 15.2 Å². The van der Waals surface area contributed by atoms with Gasteiger partial charge in [0.1, 0.15) is 35.7 Å². The first-order valence-electron chi connectivity index (χ1n) is 9.70. The second-order valence-corrected chi connectivity index (χ2v) is 8.71. The summed E-state index contributed by atoms with van der Waals surface area (Å²) < 4.78 is 40.9. The lowest BCUT2D eigenvalue weighted by atomic mass is 10.1. The van der Waals surface area contributed by atoms with Crippen LogP contribution < -0.4 is 15.2 Å². The van der Waals surface area contributed by atoms with Crippen molar-refractivity contribution in [2.24, 2.45) is 0 Å². The number of aryl methyl sites for hydroxylation is 1. The van der Waals surface area contributed by atoms with Gasteiger partial charge in [-0.2, -0.15) is 10.4 Å². The van der Waals surface area contributed by atoms with Crippen LogP contribution in [0.15, 0.2) is 42.1 Å². The summed E-state index contributed by atoms with van der Waals surface area (Å²) in [6.07, 6.45) is 2.87. The molecule has 1 aliphatic carbocycles. The summed E-state index contributed by atoms with van der Waals surface area (Å²) in [5.41, 5.74) is 7.08. The van der Waals surface area contributed by atoms with E-state index in [2.05, 4.69) is 10.1 Å². The Morgan fingerprint density at radius 3 is 2.62 bits per heavy atom. The lowest BCUT2D eigenvalue weighted by Gasteiger charge is -2.21. The van der Waals surface area contributed by atoms with E-state index in [0.717, 1.165) is 16.0 Å². The zero-order valence-electron chi connectivity index (χ0n) is 17.5. The average molecular weight is 455 g/mol. The molecule has 0 aliphatic heterocycles. The van der Waals surface area contributed by atoms with Crippen LogP contribution in [-0.4, -0.2) is 14.8 Å². The molecular weight excluding hydrogens is 436 g/mol. The Kier molecular flexibility index (Phi) is 5.67. The summed E-state index contributed by atoms with van der Waals surface area (Å²) in [7, 11) is 0. The maximum absolute atomic E-state index is 14.3. The first-order chi connectivity index (χ1) is 15.3. The van der Waals surface area contributed by atoms with Gasteiger partial charge in [0.2, 0.25) is 0 Å². The number of nitriles is 1. The molecule has 32 heavy (non-hydrogen) atoms. The molecule has 2 aromatic heterocycles. The van der Waals surface area contributed by atoms with Crippen LogP contribution in [0, 0.1) is 24.1 Å². The van der Waals surface area contributed by atoms with Gasteiger partial charge >= 0.3 is 0 Å². The third-order valence-electron chi connectivity index (χ3n) is 4.66. The first-order valence-corrected chi connectivity index (χ1v) is 10.5. The van der Waals surface area contributed by atoms with Crippen molar-refractivity contribution in [1.82, 2.24) is 14.8 Å². The van der Waals surface area contributed by atoms with E-state index >= 15 is 0 Å². The van der Waals surface area contributed by atoms with Gasteiger partial charge in [0, 0.05) is 30.5 Å². The Hall–Kier alpha value is -3.71. The lowest BCUT2D eigenvalue weighted by Crippen LogP contribution is -2.16. The van der Waals surface area contributed by atoms with Crippen LogP contribution in [-0.2, 0) is 6.61 Å². The maximum Gasteiger partial charge on any atom is 0.188 e. The van der Waals surface area contributed by atoms with Crippen molar-refractivity contribution in [3.05, 3.63) is 69.1 Å². The van der Waals surface area contributed by atoms with E-state index in [1.54, 1.807) is 6.20 Å². The molecule has 10 heteroatoms. The zero-order valence-corrected chi connectivity index (χ0v) is 18.3. The molecule has 0 bridgehead atoms. The number of rotatable bonds is 7. The second kappa shape index (κ2) is 8.43. The molecule has 0 spiro atoms. The third-order valence-corrected chi connectivity index (χ3v) is 5.55. The summed E-state index contributed by atoms with van der Waals surface area (Å²) in [6, 6.07) is 5.76. The van der Waals surface area contributed by atoms with Crippen molar-refractivity contribution in [3.8, 4) is 17.6 Å². The average Bonchev–Trinajstić information content (AvgIpc) is 3.30. The van der Waals surface area contributed by atoms with Crippen LogP contribution in [0.5, 0.6) is 11.5 Å². The highest BCUT2D eigenvalue weighted by molar-refractivity contribution is 7.11. The number of anilines is 1. The van der Waals surface area contributed by atoms with E-state index in [9.17, 15) is 14.0 Å². The van der Waals surface area contributed by atoms with Gasteiger partial charge in [-0.25, -0.2) is 18.4 Å². The van der Waals surface area contributed by atoms with Gasteiger partial charge in [-0.1, -0.05) is 13.8 Å². The molecule has 2 heterocycles. The largest absolute Gasteiger partial charge is 0.488 e. The van der Waals surface area contributed by atoms with Crippen molar-refractivity contribution in [2.45, 2.75) is 33.3 Å². The van der Waals surface area contributed by atoms with Gasteiger partial charge in [-0.3, -0.25) is 0 Å². The Morgan fingerprint density at radius 1 is 1.25 bits per heavy atom. The van der Waals surface area contributed by atoms with Gasteiger partial charge in [0.15, 0.2) is 17.3 Å². The van der Waals surface area contributed by atoms with Gasteiger partial charge in [0.05, 0.1) is 21.3 Å². The van der Waals surface area contributed by atoms with Crippen molar-refractivity contribution >= 4 is 22.7 Å². The summed E-state index contributed by atoms with van der Waals surface area (Å²) >= 11 is 1.47. The number of hydrogen-bond donors (Lipinski definition) is 1. The van der Waals surface area contributed by atoms with Crippen LogP contribution in [0.25, 0.3) is 5.70 Å². The fraction of sp³-hybridized carbons (Fsp3) is 0.227. The smallest absolute Gasteiger partial charge is 0.188 e. The highest BCUT2D eigenvalue weighted by Crippen LogP contribution is 2.38. The highest BCUT2D eigenvalue weighted by atomic mass is 32.1. The molecule has 4 rings (SSSR count). The minimum atomic E-state index is -0.657. The normalized spacial score (nSPS) is 13.1. The number of nitrogen functional groups attached to an aromatic ring is 1. The van der Waals surface area contributed by atoms with Crippen molar-refractivity contribution in [2.75, 3.05) is 5.73 Å². The van der Waals surface area contributed by atoms with Crippen LogP contribution >= 0.6 is 11.3 Å². The minimum Gasteiger partial charge on any atom is -0.488 e. The summed E-state index contributed by atoms with van der Waals surface area (Å²) in [6.45, 7) is 5.86. The quantitative estimate of drug-likeness (QED) is 0.535. The molecule has 0 amide bonds. The number of aromatic nitrogens is 3. The van der Waals surface area contributed by atoms with Gasteiger partial charge in [-0.05, 0) is 12.8 Å². The van der Waals surface area contributed by atoms with E-state index in [-0.39, 0.29) is 46.9 Å². The minimum absolute atomic E-state index is 0.0347. The monoisotopic (exact) mass is 455 g/mol. The van der Waals surface area contributed by atoms with Crippen LogP contribution in [0.4, 0.5) is 14.5 Å². The van der Waals surface area contributed by atoms with Crippen molar-refractivity contribution < 1.29 is 18.3 Å². The molecule has 0 atom stereocenters. The molecule has 1 aromatic carbocycles.